The first kappa shape index (κ1) is 14.3. The second-order valence-electron chi connectivity index (χ2n) is 3.52. The standard InChI is InChI=1S/C12H8F6/c1-3-7(2)8-4-9(11(13,14)15)6-10(5-8)12(16,17)18/h3-6H,1-2H2. The van der Waals surface area contributed by atoms with Gasteiger partial charge in [-0.2, -0.15) is 26.3 Å². The molecule has 0 nitrogen and oxygen atoms in total. The predicted molar refractivity (Wildman–Crippen MR) is 55.7 cm³/mol. The molecule has 98 valence electrons. The fourth-order valence-electron chi connectivity index (χ4n) is 1.26. The number of benzene rings is 1. The molecule has 0 aliphatic carbocycles. The Bertz CT molecular complexity index is 446. The van der Waals surface area contributed by atoms with E-state index in [2.05, 4.69) is 13.2 Å². The molecule has 0 amide bonds. The number of rotatable bonds is 2. The van der Waals surface area contributed by atoms with Gasteiger partial charge in [0.15, 0.2) is 0 Å². The first-order valence-electron chi connectivity index (χ1n) is 4.67. The predicted octanol–water partition coefficient (Wildman–Crippen LogP) is 4.92. The molecule has 0 N–H and O–H groups in total. The minimum atomic E-state index is -4.85. The summed E-state index contributed by atoms with van der Waals surface area (Å²) in [6, 6.07) is 1.29. The third-order valence-electron chi connectivity index (χ3n) is 2.20. The van der Waals surface area contributed by atoms with Crippen molar-refractivity contribution in [1.29, 1.82) is 0 Å². The highest BCUT2D eigenvalue weighted by Gasteiger charge is 2.36. The first-order chi connectivity index (χ1) is 8.05. The van der Waals surface area contributed by atoms with Gasteiger partial charge in [0, 0.05) is 0 Å². The second kappa shape index (κ2) is 4.51. The molecular formula is C12H8F6. The van der Waals surface area contributed by atoms with Crippen molar-refractivity contribution in [3.8, 4) is 0 Å². The highest BCUT2D eigenvalue weighted by Crippen LogP contribution is 2.37. The Morgan fingerprint density at radius 1 is 0.889 bits per heavy atom. The van der Waals surface area contributed by atoms with Crippen LogP contribution in [0.3, 0.4) is 0 Å². The summed E-state index contributed by atoms with van der Waals surface area (Å²) < 4.78 is 74.9. The fraction of sp³-hybridized carbons (Fsp3) is 0.167. The van der Waals surface area contributed by atoms with Gasteiger partial charge in [0.2, 0.25) is 0 Å². The van der Waals surface area contributed by atoms with Crippen LogP contribution < -0.4 is 0 Å². The molecule has 6 heteroatoms. The lowest BCUT2D eigenvalue weighted by atomic mass is 10.00. The summed E-state index contributed by atoms with van der Waals surface area (Å²) >= 11 is 0. The zero-order chi connectivity index (χ0) is 14.1. The molecule has 0 saturated carbocycles. The van der Waals surface area contributed by atoms with Crippen LogP contribution in [0.2, 0.25) is 0 Å². The van der Waals surface area contributed by atoms with Gasteiger partial charge in [-0.05, 0) is 29.3 Å². The van der Waals surface area contributed by atoms with Crippen molar-refractivity contribution >= 4 is 5.57 Å². The normalized spacial score (nSPS) is 12.3. The molecule has 1 aromatic rings. The minimum Gasteiger partial charge on any atom is -0.166 e. The SMILES string of the molecule is C=CC(=C)c1cc(C(F)(F)F)cc(C(F)(F)F)c1. The highest BCUT2D eigenvalue weighted by atomic mass is 19.4. The van der Waals surface area contributed by atoms with Gasteiger partial charge in [-0.1, -0.05) is 19.2 Å². The van der Waals surface area contributed by atoms with Crippen molar-refractivity contribution in [3.63, 3.8) is 0 Å². The van der Waals surface area contributed by atoms with Crippen LogP contribution >= 0.6 is 0 Å². The van der Waals surface area contributed by atoms with E-state index in [1.807, 2.05) is 0 Å². The lowest BCUT2D eigenvalue weighted by molar-refractivity contribution is -0.143. The average molecular weight is 266 g/mol. The summed E-state index contributed by atoms with van der Waals surface area (Å²) in [7, 11) is 0. The molecule has 0 aliphatic rings. The van der Waals surface area contributed by atoms with E-state index in [0.29, 0.717) is 12.1 Å². The summed E-state index contributed by atoms with van der Waals surface area (Å²) in [5.74, 6) is 0. The molecule has 0 aliphatic heterocycles. The maximum Gasteiger partial charge on any atom is 0.416 e. The highest BCUT2D eigenvalue weighted by molar-refractivity contribution is 5.72. The first-order valence-corrected chi connectivity index (χ1v) is 4.67. The third kappa shape index (κ3) is 3.15. The van der Waals surface area contributed by atoms with E-state index in [9.17, 15) is 26.3 Å². The zero-order valence-electron chi connectivity index (χ0n) is 8.99. The van der Waals surface area contributed by atoms with Crippen molar-refractivity contribution < 1.29 is 26.3 Å². The number of alkyl halides is 6. The molecule has 0 fully saturated rings. The van der Waals surface area contributed by atoms with Gasteiger partial charge in [0.1, 0.15) is 0 Å². The van der Waals surface area contributed by atoms with Gasteiger partial charge < -0.3 is 0 Å². The minimum absolute atomic E-state index is 0.00778. The van der Waals surface area contributed by atoms with Crippen LogP contribution in [-0.4, -0.2) is 0 Å². The molecule has 0 unspecified atom stereocenters. The van der Waals surface area contributed by atoms with Crippen LogP contribution in [0.15, 0.2) is 37.4 Å². The number of halogens is 6. The van der Waals surface area contributed by atoms with Gasteiger partial charge in [0.25, 0.3) is 0 Å². The summed E-state index contributed by atoms with van der Waals surface area (Å²) in [6.07, 6.45) is -8.61. The molecule has 0 heterocycles. The molecule has 0 atom stereocenters. The lowest BCUT2D eigenvalue weighted by Gasteiger charge is -2.14. The van der Waals surface area contributed by atoms with Crippen molar-refractivity contribution in [3.05, 3.63) is 54.1 Å². The zero-order valence-corrected chi connectivity index (χ0v) is 8.99. The van der Waals surface area contributed by atoms with E-state index in [-0.39, 0.29) is 17.2 Å². The van der Waals surface area contributed by atoms with Crippen molar-refractivity contribution in [2.45, 2.75) is 12.4 Å². The van der Waals surface area contributed by atoms with E-state index in [1.54, 1.807) is 0 Å². The summed E-state index contributed by atoms with van der Waals surface area (Å²) in [4.78, 5) is 0. The molecule has 0 bridgehead atoms. The fourth-order valence-corrected chi connectivity index (χ4v) is 1.26. The number of hydrogen-bond donors (Lipinski definition) is 0. The molecule has 1 rings (SSSR count). The van der Waals surface area contributed by atoms with Crippen LogP contribution in [0.1, 0.15) is 16.7 Å². The molecular weight excluding hydrogens is 258 g/mol. The second-order valence-corrected chi connectivity index (χ2v) is 3.52. The van der Waals surface area contributed by atoms with Gasteiger partial charge >= 0.3 is 12.4 Å². The van der Waals surface area contributed by atoms with Gasteiger partial charge in [-0.15, -0.1) is 0 Å². The Hall–Kier alpha value is -1.72. The van der Waals surface area contributed by atoms with E-state index in [4.69, 9.17) is 0 Å². The Morgan fingerprint density at radius 3 is 1.56 bits per heavy atom. The van der Waals surface area contributed by atoms with Crippen LogP contribution in [0.25, 0.3) is 5.57 Å². The van der Waals surface area contributed by atoms with Crippen LogP contribution in [0.5, 0.6) is 0 Å². The smallest absolute Gasteiger partial charge is 0.166 e. The van der Waals surface area contributed by atoms with E-state index >= 15 is 0 Å². The van der Waals surface area contributed by atoms with E-state index in [1.165, 1.54) is 0 Å². The van der Waals surface area contributed by atoms with Gasteiger partial charge in [0.05, 0.1) is 11.1 Å². The summed E-state index contributed by atoms with van der Waals surface area (Å²) in [5.41, 5.74) is -3.00. The Kier molecular flexibility index (Phi) is 3.59. The Morgan fingerprint density at radius 2 is 1.28 bits per heavy atom. The van der Waals surface area contributed by atoms with Crippen molar-refractivity contribution in [2.24, 2.45) is 0 Å². The maximum atomic E-state index is 12.5. The Balaban J connectivity index is 3.48. The largest absolute Gasteiger partial charge is 0.416 e. The number of hydrogen-bond acceptors (Lipinski definition) is 0. The third-order valence-corrected chi connectivity index (χ3v) is 2.20. The van der Waals surface area contributed by atoms with Crippen LogP contribution in [-0.2, 0) is 12.4 Å². The molecule has 1 aromatic carbocycles. The quantitative estimate of drug-likeness (QED) is 0.526. The lowest BCUT2D eigenvalue weighted by Crippen LogP contribution is -2.11. The molecule has 0 radical (unpaired) electrons. The number of allylic oxidation sites excluding steroid dienone is 2. The maximum absolute atomic E-state index is 12.5. The molecule has 0 spiro atoms. The van der Waals surface area contributed by atoms with E-state index < -0.39 is 23.5 Å². The van der Waals surface area contributed by atoms with Crippen LogP contribution in [0, 0.1) is 0 Å². The Labute approximate surface area is 99.2 Å². The average Bonchev–Trinajstić information content (AvgIpc) is 2.25. The van der Waals surface area contributed by atoms with E-state index in [0.717, 1.165) is 6.08 Å². The molecule has 0 saturated heterocycles. The molecule has 0 aromatic heterocycles. The monoisotopic (exact) mass is 266 g/mol. The van der Waals surface area contributed by atoms with Crippen LogP contribution in [0.4, 0.5) is 26.3 Å². The van der Waals surface area contributed by atoms with Crippen molar-refractivity contribution in [2.75, 3.05) is 0 Å². The molecule has 18 heavy (non-hydrogen) atoms. The summed E-state index contributed by atoms with van der Waals surface area (Å²) in [5, 5.41) is 0. The summed E-state index contributed by atoms with van der Waals surface area (Å²) in [6.45, 7) is 6.60. The van der Waals surface area contributed by atoms with Gasteiger partial charge in [-0.25, -0.2) is 0 Å². The van der Waals surface area contributed by atoms with Crippen molar-refractivity contribution in [1.82, 2.24) is 0 Å². The topological polar surface area (TPSA) is 0 Å². The van der Waals surface area contributed by atoms with Gasteiger partial charge in [-0.3, -0.25) is 0 Å².